The smallest absolute Gasteiger partial charge is 0.272 e. The minimum absolute atomic E-state index is 0.0266. The van der Waals surface area contributed by atoms with Crippen LogP contribution >= 0.6 is 0 Å². The lowest BCUT2D eigenvalue weighted by atomic mass is 10.2. The molecule has 0 unspecified atom stereocenters. The van der Waals surface area contributed by atoms with E-state index in [-0.39, 0.29) is 12.0 Å². The van der Waals surface area contributed by atoms with E-state index in [4.69, 9.17) is 14.0 Å². The molecule has 9 nitrogen and oxygen atoms in total. The molecule has 0 spiro atoms. The second-order valence-electron chi connectivity index (χ2n) is 6.38. The van der Waals surface area contributed by atoms with Gasteiger partial charge in [-0.1, -0.05) is 18.5 Å². The Hall–Kier alpha value is -2.26. The van der Waals surface area contributed by atoms with Crippen LogP contribution in [0.2, 0.25) is 0 Å². The van der Waals surface area contributed by atoms with Gasteiger partial charge in [0.05, 0.1) is 24.8 Å². The van der Waals surface area contributed by atoms with Crippen LogP contribution in [0.5, 0.6) is 0 Å². The number of aromatic nitrogens is 4. The van der Waals surface area contributed by atoms with Gasteiger partial charge < -0.3 is 18.9 Å². The van der Waals surface area contributed by atoms with Gasteiger partial charge in [0.2, 0.25) is 5.89 Å². The summed E-state index contributed by atoms with van der Waals surface area (Å²) in [6.45, 7) is 3.92. The number of hydrogen-bond donors (Lipinski definition) is 0. The molecule has 2 aromatic rings. The van der Waals surface area contributed by atoms with Crippen molar-refractivity contribution in [3.8, 4) is 0 Å². The Balaban J connectivity index is 1.63. The molecular weight excluding hydrogens is 338 g/mol. The van der Waals surface area contributed by atoms with Crippen LogP contribution in [-0.4, -0.2) is 63.6 Å². The molecule has 0 radical (unpaired) electrons. The fraction of sp³-hybridized carbons (Fsp3) is 0.647. The van der Waals surface area contributed by atoms with Crippen molar-refractivity contribution in [3.63, 3.8) is 0 Å². The average molecular weight is 363 g/mol. The zero-order valence-corrected chi connectivity index (χ0v) is 15.5. The zero-order chi connectivity index (χ0) is 18.5. The average Bonchev–Trinajstić information content (AvgIpc) is 3.21. The zero-order valence-electron chi connectivity index (χ0n) is 15.5. The van der Waals surface area contributed by atoms with Crippen LogP contribution in [0, 0.1) is 0 Å². The van der Waals surface area contributed by atoms with Crippen LogP contribution in [0.15, 0.2) is 10.6 Å². The Morgan fingerprint density at radius 3 is 3.08 bits per heavy atom. The maximum atomic E-state index is 12.9. The quantitative estimate of drug-likeness (QED) is 0.724. The van der Waals surface area contributed by atoms with Gasteiger partial charge in [-0.3, -0.25) is 9.48 Å². The van der Waals surface area contributed by atoms with Crippen LogP contribution in [0.25, 0.3) is 0 Å². The van der Waals surface area contributed by atoms with Crippen LogP contribution in [0.1, 0.15) is 41.2 Å². The van der Waals surface area contributed by atoms with Crippen molar-refractivity contribution >= 4 is 5.91 Å². The van der Waals surface area contributed by atoms with Crippen molar-refractivity contribution in [2.24, 2.45) is 7.05 Å². The van der Waals surface area contributed by atoms with Crippen molar-refractivity contribution in [2.45, 2.75) is 38.9 Å². The van der Waals surface area contributed by atoms with Crippen molar-refractivity contribution in [1.82, 2.24) is 24.8 Å². The number of morpholine rings is 1. The van der Waals surface area contributed by atoms with E-state index >= 15 is 0 Å². The number of ether oxygens (including phenoxy) is 2. The molecule has 0 aromatic carbocycles. The molecule has 0 saturated carbocycles. The highest BCUT2D eigenvalue weighted by atomic mass is 16.5. The third-order valence-electron chi connectivity index (χ3n) is 4.27. The van der Waals surface area contributed by atoms with Crippen molar-refractivity contribution < 1.29 is 18.8 Å². The molecule has 1 saturated heterocycles. The van der Waals surface area contributed by atoms with Gasteiger partial charge in [0.25, 0.3) is 5.91 Å². The summed E-state index contributed by atoms with van der Waals surface area (Å²) in [6, 6.07) is 1.88. The number of nitrogens with zero attached hydrogens (tertiary/aromatic N) is 5. The highest BCUT2D eigenvalue weighted by Crippen LogP contribution is 2.15. The van der Waals surface area contributed by atoms with Crippen LogP contribution in [0.3, 0.4) is 0 Å². The van der Waals surface area contributed by atoms with Crippen LogP contribution < -0.4 is 0 Å². The number of rotatable bonds is 7. The first kappa shape index (κ1) is 18.5. The van der Waals surface area contributed by atoms with E-state index < -0.39 is 0 Å². The standard InChI is InChI=1S/C17H25N5O4/c1-4-5-12-8-14(21(2)19-12)17(23)22-6-7-25-13(10-22)9-16-18-15(11-24-3)20-26-16/h8,13H,4-7,9-11H2,1-3H3/t13-/m1/s1. The van der Waals surface area contributed by atoms with Crippen LogP contribution in [-0.2, 0) is 36.0 Å². The van der Waals surface area contributed by atoms with Crippen molar-refractivity contribution in [2.75, 3.05) is 26.8 Å². The Kier molecular flexibility index (Phi) is 6.00. The summed E-state index contributed by atoms with van der Waals surface area (Å²) in [5, 5.41) is 8.26. The number of amides is 1. The molecule has 3 rings (SSSR count). The normalized spacial score (nSPS) is 17.7. The van der Waals surface area contributed by atoms with E-state index in [1.54, 1.807) is 23.7 Å². The monoisotopic (exact) mass is 363 g/mol. The fourth-order valence-corrected chi connectivity index (χ4v) is 3.05. The van der Waals surface area contributed by atoms with E-state index in [9.17, 15) is 4.79 Å². The van der Waals surface area contributed by atoms with Gasteiger partial charge in [0.15, 0.2) is 5.82 Å². The van der Waals surface area contributed by atoms with E-state index in [0.717, 1.165) is 18.5 Å². The minimum atomic E-state index is -0.174. The van der Waals surface area contributed by atoms with E-state index in [1.165, 1.54) is 0 Å². The molecule has 1 aliphatic heterocycles. The number of hydrogen-bond acceptors (Lipinski definition) is 7. The van der Waals surface area contributed by atoms with Gasteiger partial charge in [-0.2, -0.15) is 10.1 Å². The molecule has 1 amide bonds. The van der Waals surface area contributed by atoms with Gasteiger partial charge in [0, 0.05) is 27.2 Å². The minimum Gasteiger partial charge on any atom is -0.377 e. The maximum absolute atomic E-state index is 12.9. The van der Waals surface area contributed by atoms with E-state index in [1.807, 2.05) is 6.07 Å². The summed E-state index contributed by atoms with van der Waals surface area (Å²) in [5.74, 6) is 0.966. The Labute approximate surface area is 152 Å². The number of methoxy groups -OCH3 is 1. The third kappa shape index (κ3) is 4.28. The molecule has 1 fully saturated rings. The molecule has 0 bridgehead atoms. The number of aryl methyl sites for hydroxylation is 2. The summed E-state index contributed by atoms with van der Waals surface area (Å²) in [7, 11) is 3.38. The highest BCUT2D eigenvalue weighted by molar-refractivity contribution is 5.92. The van der Waals surface area contributed by atoms with E-state index in [2.05, 4.69) is 22.2 Å². The summed E-state index contributed by atoms with van der Waals surface area (Å²) < 4.78 is 17.6. The van der Waals surface area contributed by atoms with Crippen molar-refractivity contribution in [3.05, 3.63) is 29.2 Å². The predicted molar refractivity (Wildman–Crippen MR) is 91.6 cm³/mol. The lowest BCUT2D eigenvalue weighted by molar-refractivity contribution is -0.0240. The molecule has 1 aliphatic rings. The lowest BCUT2D eigenvalue weighted by Gasteiger charge is -2.32. The Bertz CT molecular complexity index is 741. The second kappa shape index (κ2) is 8.41. The van der Waals surface area contributed by atoms with Gasteiger partial charge in [-0.15, -0.1) is 0 Å². The van der Waals surface area contributed by atoms with Crippen molar-refractivity contribution in [1.29, 1.82) is 0 Å². The first-order valence-electron chi connectivity index (χ1n) is 8.85. The maximum Gasteiger partial charge on any atom is 0.272 e. The Morgan fingerprint density at radius 2 is 2.31 bits per heavy atom. The molecule has 26 heavy (non-hydrogen) atoms. The first-order chi connectivity index (χ1) is 12.6. The third-order valence-corrected chi connectivity index (χ3v) is 4.27. The fourth-order valence-electron chi connectivity index (χ4n) is 3.05. The topological polar surface area (TPSA) is 95.5 Å². The first-order valence-corrected chi connectivity index (χ1v) is 8.85. The molecule has 1 atom stereocenters. The molecule has 2 aromatic heterocycles. The van der Waals surface area contributed by atoms with Crippen LogP contribution in [0.4, 0.5) is 0 Å². The second-order valence-corrected chi connectivity index (χ2v) is 6.38. The number of carbonyl (C=O) groups is 1. The summed E-state index contributed by atoms with van der Waals surface area (Å²) in [6.07, 6.45) is 2.16. The largest absolute Gasteiger partial charge is 0.377 e. The SMILES string of the molecule is CCCc1cc(C(=O)N2CCO[C@H](Cc3nc(COC)no3)C2)n(C)n1. The molecule has 9 heteroatoms. The summed E-state index contributed by atoms with van der Waals surface area (Å²) in [5.41, 5.74) is 1.55. The molecular formula is C17H25N5O4. The van der Waals surface area contributed by atoms with Gasteiger partial charge in [-0.05, 0) is 12.5 Å². The van der Waals surface area contributed by atoms with Gasteiger partial charge >= 0.3 is 0 Å². The molecule has 142 valence electrons. The summed E-state index contributed by atoms with van der Waals surface area (Å²) >= 11 is 0. The highest BCUT2D eigenvalue weighted by Gasteiger charge is 2.28. The molecule has 0 N–H and O–H groups in total. The summed E-state index contributed by atoms with van der Waals surface area (Å²) in [4.78, 5) is 18.9. The Morgan fingerprint density at radius 1 is 1.46 bits per heavy atom. The lowest BCUT2D eigenvalue weighted by Crippen LogP contribution is -2.46. The van der Waals surface area contributed by atoms with Gasteiger partial charge in [0.1, 0.15) is 12.3 Å². The van der Waals surface area contributed by atoms with Gasteiger partial charge in [-0.25, -0.2) is 0 Å². The predicted octanol–water partition coefficient (Wildman–Crippen LogP) is 0.986. The molecule has 0 aliphatic carbocycles. The number of carbonyl (C=O) groups excluding carboxylic acids is 1. The molecule has 3 heterocycles. The van der Waals surface area contributed by atoms with E-state index in [0.29, 0.717) is 50.1 Å².